The van der Waals surface area contributed by atoms with E-state index in [1.807, 2.05) is 45.3 Å². The van der Waals surface area contributed by atoms with Crippen molar-refractivity contribution < 1.29 is 8.81 Å². The molecule has 202 valence electrons. The number of para-hydroxylation sites is 1. The van der Waals surface area contributed by atoms with Gasteiger partial charge < -0.3 is 14.4 Å². The predicted molar refractivity (Wildman–Crippen MR) is 144 cm³/mol. The maximum Gasteiger partial charge on any atom is 0.437 e. The lowest BCUT2D eigenvalue weighted by Crippen LogP contribution is -2.51. The van der Waals surface area contributed by atoms with Gasteiger partial charge in [-0.3, -0.25) is 15.0 Å². The smallest absolute Gasteiger partial charge is 0.389 e. The predicted octanol–water partition coefficient (Wildman–Crippen LogP) is 3.74. The van der Waals surface area contributed by atoms with Gasteiger partial charge in [-0.1, -0.05) is 18.2 Å². The van der Waals surface area contributed by atoms with Crippen LogP contribution in [0.3, 0.4) is 0 Å². The van der Waals surface area contributed by atoms with Crippen LogP contribution in [0.2, 0.25) is 0 Å². The van der Waals surface area contributed by atoms with Crippen LogP contribution in [0.4, 0.5) is 4.39 Å². The van der Waals surface area contributed by atoms with Gasteiger partial charge in [0.05, 0.1) is 47.8 Å². The Morgan fingerprint density at radius 1 is 1.10 bits per heavy atom. The van der Waals surface area contributed by atoms with Crippen LogP contribution in [0, 0.1) is 5.82 Å². The molecule has 0 saturated heterocycles. The number of pyridine rings is 1. The molecule has 0 fully saturated rings. The summed E-state index contributed by atoms with van der Waals surface area (Å²) in [6.07, 6.45) is 7.07. The summed E-state index contributed by atoms with van der Waals surface area (Å²) < 4.78 is 22.4. The Balaban J connectivity index is 1.46. The summed E-state index contributed by atoms with van der Waals surface area (Å²) in [6.45, 7) is 3.76. The third kappa shape index (κ3) is 3.63. The van der Waals surface area contributed by atoms with Gasteiger partial charge in [0.2, 0.25) is 5.89 Å². The van der Waals surface area contributed by atoms with Crippen molar-refractivity contribution in [1.29, 1.82) is 0 Å². The second-order valence-electron chi connectivity index (χ2n) is 10.3. The Bertz CT molecular complexity index is 1910. The number of halogens is 1. The molecule has 1 aliphatic rings. The summed E-state index contributed by atoms with van der Waals surface area (Å²) >= 11 is 0. The van der Waals surface area contributed by atoms with Crippen LogP contribution in [0.1, 0.15) is 54.5 Å². The molecular weight excluding hydrogens is 513 g/mol. The zero-order chi connectivity index (χ0) is 27.6. The number of nitrogens with one attached hydrogen (secondary N) is 3. The van der Waals surface area contributed by atoms with Crippen molar-refractivity contribution in [3.05, 3.63) is 106 Å². The normalized spacial score (nSPS) is 19.0. The summed E-state index contributed by atoms with van der Waals surface area (Å²) in [7, 11) is 1.83. The summed E-state index contributed by atoms with van der Waals surface area (Å²) in [4.78, 5) is 28.8. The highest BCUT2D eigenvalue weighted by Gasteiger charge is 2.51. The molecule has 40 heavy (non-hydrogen) atoms. The summed E-state index contributed by atoms with van der Waals surface area (Å²) in [5, 5.41) is 13.9. The highest BCUT2D eigenvalue weighted by Crippen LogP contribution is 2.45. The summed E-state index contributed by atoms with van der Waals surface area (Å²) in [5.74, 6) is -0.106. The zero-order valence-corrected chi connectivity index (χ0v) is 22.0. The van der Waals surface area contributed by atoms with Crippen molar-refractivity contribution in [3.63, 3.8) is 0 Å². The van der Waals surface area contributed by atoms with E-state index in [1.54, 1.807) is 23.1 Å². The Morgan fingerprint density at radius 3 is 2.67 bits per heavy atom. The number of benzene rings is 1. The Kier molecular flexibility index (Phi) is 5.36. The number of aromatic amines is 2. The molecule has 0 radical (unpaired) electrons. The molecule has 0 amide bonds. The molecule has 0 bridgehead atoms. The number of nitrogens with zero attached hydrogens (tertiary/aromatic N) is 6. The van der Waals surface area contributed by atoms with Gasteiger partial charge in [0, 0.05) is 29.7 Å². The van der Waals surface area contributed by atoms with E-state index in [2.05, 4.69) is 36.4 Å². The van der Waals surface area contributed by atoms with Gasteiger partial charge in [-0.05, 0) is 44.0 Å². The van der Waals surface area contributed by atoms with E-state index in [-0.39, 0.29) is 18.0 Å². The first-order valence-electron chi connectivity index (χ1n) is 13.0. The van der Waals surface area contributed by atoms with Gasteiger partial charge >= 0.3 is 5.76 Å². The molecule has 5 aromatic heterocycles. The highest BCUT2D eigenvalue weighted by atomic mass is 19.1. The van der Waals surface area contributed by atoms with E-state index in [0.717, 1.165) is 27.7 Å². The lowest BCUT2D eigenvalue weighted by Gasteiger charge is -2.38. The third-order valence-corrected chi connectivity index (χ3v) is 7.43. The second-order valence-corrected chi connectivity index (χ2v) is 10.3. The third-order valence-electron chi connectivity index (χ3n) is 7.43. The van der Waals surface area contributed by atoms with Crippen molar-refractivity contribution >= 4 is 10.9 Å². The minimum absolute atomic E-state index is 0.198. The van der Waals surface area contributed by atoms with E-state index in [1.165, 1.54) is 16.9 Å². The fourth-order valence-electron chi connectivity index (χ4n) is 5.57. The molecule has 0 aliphatic carbocycles. The van der Waals surface area contributed by atoms with Crippen LogP contribution in [0.25, 0.3) is 22.3 Å². The molecule has 1 unspecified atom stereocenters. The molecule has 0 saturated carbocycles. The van der Waals surface area contributed by atoms with Gasteiger partial charge in [-0.25, -0.2) is 14.2 Å². The lowest BCUT2D eigenvalue weighted by molar-refractivity contribution is 0.284. The number of hydrogen-bond donors (Lipinski definition) is 3. The Morgan fingerprint density at radius 2 is 1.95 bits per heavy atom. The fraction of sp³-hybridized carbons (Fsp3) is 0.250. The van der Waals surface area contributed by atoms with E-state index < -0.39 is 17.1 Å². The van der Waals surface area contributed by atoms with E-state index in [0.29, 0.717) is 23.6 Å². The van der Waals surface area contributed by atoms with Gasteiger partial charge in [0.15, 0.2) is 5.54 Å². The lowest BCUT2D eigenvalue weighted by atomic mass is 9.79. The van der Waals surface area contributed by atoms with Crippen molar-refractivity contribution in [2.45, 2.75) is 37.9 Å². The van der Waals surface area contributed by atoms with Crippen molar-refractivity contribution in [3.8, 4) is 11.4 Å². The average molecular weight is 540 g/mol. The number of aryl methyl sites for hydroxylation is 1. The Hall–Kier alpha value is -4.84. The second kappa shape index (κ2) is 8.85. The molecule has 1 aliphatic heterocycles. The number of hydrogen-bond acceptors (Lipinski definition) is 7. The van der Waals surface area contributed by atoms with Crippen molar-refractivity contribution in [1.82, 2.24) is 44.8 Å². The van der Waals surface area contributed by atoms with Crippen LogP contribution in [0.5, 0.6) is 0 Å². The minimum atomic E-state index is -1.19. The molecule has 0 spiro atoms. The van der Waals surface area contributed by atoms with E-state index in [9.17, 15) is 9.18 Å². The van der Waals surface area contributed by atoms with Gasteiger partial charge in [-0.2, -0.15) is 9.78 Å². The first-order chi connectivity index (χ1) is 19.3. The quantitative estimate of drug-likeness (QED) is 0.304. The molecule has 12 heteroatoms. The van der Waals surface area contributed by atoms with Gasteiger partial charge in [-0.15, -0.1) is 5.10 Å². The van der Waals surface area contributed by atoms with Crippen LogP contribution >= 0.6 is 0 Å². The molecule has 7 rings (SSSR count). The van der Waals surface area contributed by atoms with Crippen LogP contribution in [0.15, 0.2) is 70.4 Å². The van der Waals surface area contributed by atoms with E-state index in [4.69, 9.17) is 9.52 Å². The molecule has 1 aromatic carbocycles. The van der Waals surface area contributed by atoms with Crippen molar-refractivity contribution in [2.24, 2.45) is 7.05 Å². The number of fused-ring (bicyclic) bond motifs is 3. The zero-order valence-electron chi connectivity index (χ0n) is 22.0. The average Bonchev–Trinajstić information content (AvgIpc) is 3.74. The van der Waals surface area contributed by atoms with Crippen LogP contribution < -0.4 is 11.1 Å². The Labute approximate surface area is 227 Å². The van der Waals surface area contributed by atoms with Gasteiger partial charge in [0.1, 0.15) is 11.6 Å². The molecule has 2 atom stereocenters. The molecule has 6 aromatic rings. The van der Waals surface area contributed by atoms with Crippen LogP contribution in [-0.4, -0.2) is 39.5 Å². The molecular formula is C28H26FN9O2. The largest absolute Gasteiger partial charge is 0.437 e. The van der Waals surface area contributed by atoms with Crippen molar-refractivity contribution in [2.75, 3.05) is 0 Å². The first kappa shape index (κ1) is 24.2. The summed E-state index contributed by atoms with van der Waals surface area (Å²) in [6, 6.07) is 10.5. The topological polar surface area (TPSA) is 135 Å². The fourth-order valence-corrected chi connectivity index (χ4v) is 5.57. The molecule has 6 heterocycles. The van der Waals surface area contributed by atoms with Gasteiger partial charge in [0.25, 0.3) is 0 Å². The molecule has 11 nitrogen and oxygen atoms in total. The number of aromatic nitrogens is 8. The summed E-state index contributed by atoms with van der Waals surface area (Å²) in [5.41, 5.74) is 3.60. The molecule has 3 N–H and O–H groups in total. The van der Waals surface area contributed by atoms with E-state index >= 15 is 0 Å². The SMILES string of the molecule is CC(C)n1nc(C2(c3cnn(C)c3)N[C@@H](c3ncc(-c4ccc(F)cn4)[nH]3)Cc3c2[nH]c2ccccc32)oc1=O. The van der Waals surface area contributed by atoms with Crippen LogP contribution in [-0.2, 0) is 19.0 Å². The monoisotopic (exact) mass is 539 g/mol. The first-order valence-corrected chi connectivity index (χ1v) is 13.0. The minimum Gasteiger partial charge on any atom is -0.389 e. The highest BCUT2D eigenvalue weighted by molar-refractivity contribution is 5.86. The number of rotatable bonds is 5. The standard InChI is InChI=1S/C28H26FN9O2/c1-15(2)38-27(39)40-26(36-38)28(16-11-32-37(3)14-16)24-19(18-6-4-5-7-20(18)33-24)10-22(35-28)25-31-13-23(34-25)21-9-8-17(29)12-30-21/h4-9,11-15,22,33,35H,10H2,1-3H3,(H,31,34)/t22-,28?/m1/s1. The number of imidazole rings is 1. The number of H-pyrrole nitrogens is 2. The maximum absolute atomic E-state index is 13.5. The maximum atomic E-state index is 13.5.